The van der Waals surface area contributed by atoms with E-state index >= 15 is 0 Å². The number of carbonyl (C=O) groups is 3. The number of carbonyl (C=O) groups excluding carboxylic acids is 3. The number of anilines is 1. The largest absolute Gasteiger partial charge is 0.462 e. The van der Waals surface area contributed by atoms with Crippen molar-refractivity contribution in [3.8, 4) is 0 Å². The van der Waals surface area contributed by atoms with Gasteiger partial charge in [0.05, 0.1) is 30.9 Å². The van der Waals surface area contributed by atoms with Crippen LogP contribution < -0.4 is 5.32 Å². The van der Waals surface area contributed by atoms with E-state index in [-0.39, 0.29) is 36.8 Å². The molecule has 0 bridgehead atoms. The van der Waals surface area contributed by atoms with Crippen LogP contribution in [0.3, 0.4) is 0 Å². The number of halogens is 1. The molecule has 0 aromatic heterocycles. The Kier molecular flexibility index (Phi) is 8.83. The molecule has 1 amide bonds. The first-order chi connectivity index (χ1) is 14.3. The van der Waals surface area contributed by atoms with E-state index in [0.717, 1.165) is 5.56 Å². The van der Waals surface area contributed by atoms with Crippen LogP contribution in [0.1, 0.15) is 40.1 Å². The molecule has 30 heavy (non-hydrogen) atoms. The first kappa shape index (κ1) is 23.4. The number of nitrogens with one attached hydrogen (secondary N) is 1. The molecule has 0 fully saturated rings. The quantitative estimate of drug-likeness (QED) is 0.607. The van der Waals surface area contributed by atoms with E-state index in [9.17, 15) is 14.4 Å². The number of nitrogens with zero attached hydrogens (tertiary/aromatic N) is 1. The van der Waals surface area contributed by atoms with Crippen LogP contribution in [0, 0.1) is 0 Å². The molecule has 0 aliphatic carbocycles. The van der Waals surface area contributed by atoms with Gasteiger partial charge in [-0.3, -0.25) is 9.69 Å². The zero-order chi connectivity index (χ0) is 22.1. The number of hydrogen-bond donors (Lipinski definition) is 1. The van der Waals surface area contributed by atoms with Crippen molar-refractivity contribution in [3.05, 3.63) is 64.2 Å². The minimum Gasteiger partial charge on any atom is -0.462 e. The van der Waals surface area contributed by atoms with Crippen molar-refractivity contribution in [2.75, 3.05) is 32.1 Å². The number of benzene rings is 2. The predicted octanol–water partition coefficient (Wildman–Crippen LogP) is 3.76. The number of ether oxygens (including phenoxy) is 2. The third kappa shape index (κ3) is 6.86. The molecule has 0 saturated heterocycles. The Labute approximate surface area is 180 Å². The topological polar surface area (TPSA) is 84.9 Å². The van der Waals surface area contributed by atoms with Gasteiger partial charge in [-0.15, -0.1) is 0 Å². The van der Waals surface area contributed by atoms with Gasteiger partial charge in [0.25, 0.3) is 0 Å². The Morgan fingerprint density at radius 1 is 0.967 bits per heavy atom. The summed E-state index contributed by atoms with van der Waals surface area (Å²) in [5, 5.41) is 3.35. The maximum atomic E-state index is 12.5. The molecule has 0 aliphatic rings. The Morgan fingerprint density at radius 3 is 2.07 bits per heavy atom. The van der Waals surface area contributed by atoms with Gasteiger partial charge in [0.2, 0.25) is 5.91 Å². The van der Waals surface area contributed by atoms with Gasteiger partial charge in [-0.05, 0) is 50.7 Å². The second-order valence-electron chi connectivity index (χ2n) is 6.55. The van der Waals surface area contributed by atoms with E-state index < -0.39 is 11.9 Å². The predicted molar refractivity (Wildman–Crippen MR) is 115 cm³/mol. The maximum Gasteiger partial charge on any atom is 0.338 e. The summed E-state index contributed by atoms with van der Waals surface area (Å²) >= 11 is 6.17. The number of esters is 2. The second-order valence-corrected chi connectivity index (χ2v) is 6.96. The lowest BCUT2D eigenvalue weighted by molar-refractivity contribution is -0.117. The molecule has 0 spiro atoms. The minimum absolute atomic E-state index is 0.0869. The van der Waals surface area contributed by atoms with Gasteiger partial charge in [0.1, 0.15) is 0 Å². The van der Waals surface area contributed by atoms with Crippen molar-refractivity contribution in [3.63, 3.8) is 0 Å². The van der Waals surface area contributed by atoms with E-state index in [1.165, 1.54) is 18.2 Å². The van der Waals surface area contributed by atoms with Crippen molar-refractivity contribution < 1.29 is 23.9 Å². The molecule has 160 valence electrons. The molecule has 0 aliphatic heterocycles. The van der Waals surface area contributed by atoms with E-state index in [1.54, 1.807) is 31.9 Å². The van der Waals surface area contributed by atoms with E-state index in [4.69, 9.17) is 21.1 Å². The highest BCUT2D eigenvalue weighted by Crippen LogP contribution is 2.19. The van der Waals surface area contributed by atoms with Crippen molar-refractivity contribution in [1.29, 1.82) is 0 Å². The van der Waals surface area contributed by atoms with Crippen molar-refractivity contribution in [2.45, 2.75) is 20.4 Å². The normalized spacial score (nSPS) is 10.6. The third-order valence-electron chi connectivity index (χ3n) is 4.05. The molecule has 2 aromatic carbocycles. The third-order valence-corrected chi connectivity index (χ3v) is 4.42. The molecular formula is C22H25ClN2O5. The molecule has 8 heteroatoms. The SMILES string of the molecule is CCOC(=O)c1cc(NC(=O)CN(C)Cc2ccccc2Cl)cc(C(=O)OCC)c1. The van der Waals surface area contributed by atoms with E-state index in [0.29, 0.717) is 17.3 Å². The lowest BCUT2D eigenvalue weighted by Gasteiger charge is -2.17. The molecule has 2 rings (SSSR count). The summed E-state index contributed by atoms with van der Waals surface area (Å²) < 4.78 is 10.0. The first-order valence-corrected chi connectivity index (χ1v) is 9.93. The number of likely N-dealkylation sites (N-methyl/N-ethyl adjacent to an activating group) is 1. The average Bonchev–Trinajstić information content (AvgIpc) is 2.69. The fourth-order valence-electron chi connectivity index (χ4n) is 2.78. The second kappa shape index (κ2) is 11.3. The lowest BCUT2D eigenvalue weighted by Crippen LogP contribution is -2.30. The first-order valence-electron chi connectivity index (χ1n) is 9.55. The molecular weight excluding hydrogens is 408 g/mol. The highest BCUT2D eigenvalue weighted by molar-refractivity contribution is 6.31. The van der Waals surface area contributed by atoms with Crippen LogP contribution in [0.4, 0.5) is 5.69 Å². The summed E-state index contributed by atoms with van der Waals surface area (Å²) in [6, 6.07) is 11.7. The minimum atomic E-state index is -0.588. The lowest BCUT2D eigenvalue weighted by atomic mass is 10.1. The van der Waals surface area contributed by atoms with Crippen molar-refractivity contribution in [2.24, 2.45) is 0 Å². The van der Waals surface area contributed by atoms with Crippen LogP contribution in [0.25, 0.3) is 0 Å². The monoisotopic (exact) mass is 432 g/mol. The zero-order valence-electron chi connectivity index (χ0n) is 17.2. The summed E-state index contributed by atoms with van der Waals surface area (Å²) in [7, 11) is 1.79. The number of rotatable bonds is 9. The maximum absolute atomic E-state index is 12.5. The molecule has 0 atom stereocenters. The standard InChI is InChI=1S/C22H25ClN2O5/c1-4-29-21(27)16-10-17(22(28)30-5-2)12-18(11-16)24-20(26)14-25(3)13-15-8-6-7-9-19(15)23/h6-12H,4-5,13-14H2,1-3H3,(H,24,26). The van der Waals surface area contributed by atoms with Crippen LogP contribution in [0.15, 0.2) is 42.5 Å². The van der Waals surface area contributed by atoms with E-state index in [2.05, 4.69) is 5.32 Å². The van der Waals surface area contributed by atoms with Gasteiger partial charge in [0, 0.05) is 17.3 Å². The Balaban J connectivity index is 2.12. The molecule has 1 N–H and O–H groups in total. The fourth-order valence-corrected chi connectivity index (χ4v) is 2.98. The van der Waals surface area contributed by atoms with Gasteiger partial charge in [-0.1, -0.05) is 29.8 Å². The molecule has 0 heterocycles. The summed E-state index contributed by atoms with van der Waals surface area (Å²) in [5.41, 5.74) is 1.52. The smallest absolute Gasteiger partial charge is 0.338 e. The van der Waals surface area contributed by atoms with Gasteiger partial charge < -0.3 is 14.8 Å². The average molecular weight is 433 g/mol. The molecule has 0 radical (unpaired) electrons. The number of hydrogen-bond acceptors (Lipinski definition) is 6. The zero-order valence-corrected chi connectivity index (χ0v) is 18.0. The van der Waals surface area contributed by atoms with Crippen molar-refractivity contribution >= 4 is 35.1 Å². The van der Waals surface area contributed by atoms with Crippen LogP contribution in [0.2, 0.25) is 5.02 Å². The Morgan fingerprint density at radius 2 is 1.53 bits per heavy atom. The summed E-state index contributed by atoms with van der Waals surface area (Å²) in [6.07, 6.45) is 0. The fraction of sp³-hybridized carbons (Fsp3) is 0.318. The highest BCUT2D eigenvalue weighted by atomic mass is 35.5. The van der Waals surface area contributed by atoms with Gasteiger partial charge in [-0.25, -0.2) is 9.59 Å². The van der Waals surface area contributed by atoms with Crippen LogP contribution in [-0.2, 0) is 20.8 Å². The van der Waals surface area contributed by atoms with Crippen LogP contribution in [0.5, 0.6) is 0 Å². The summed E-state index contributed by atoms with van der Waals surface area (Å²) in [6.45, 7) is 4.33. The molecule has 0 unspecified atom stereocenters. The van der Waals surface area contributed by atoms with Crippen LogP contribution in [-0.4, -0.2) is 49.6 Å². The molecule has 0 saturated carbocycles. The Bertz CT molecular complexity index is 880. The Hall–Kier alpha value is -2.90. The number of amides is 1. The van der Waals surface area contributed by atoms with Gasteiger partial charge >= 0.3 is 11.9 Å². The summed E-state index contributed by atoms with van der Waals surface area (Å²) in [4.78, 5) is 38.5. The molecule has 2 aromatic rings. The van der Waals surface area contributed by atoms with E-state index in [1.807, 2.05) is 18.2 Å². The van der Waals surface area contributed by atoms with Crippen molar-refractivity contribution in [1.82, 2.24) is 4.90 Å². The molecule has 7 nitrogen and oxygen atoms in total. The van der Waals surface area contributed by atoms with Crippen LogP contribution >= 0.6 is 11.6 Å². The summed E-state index contributed by atoms with van der Waals surface area (Å²) in [5.74, 6) is -1.48. The highest BCUT2D eigenvalue weighted by Gasteiger charge is 2.16. The van der Waals surface area contributed by atoms with Gasteiger partial charge in [0.15, 0.2) is 0 Å². The van der Waals surface area contributed by atoms with Gasteiger partial charge in [-0.2, -0.15) is 0 Å².